The topological polar surface area (TPSA) is 72.3 Å². The molecule has 4 rings (SSSR count). The average Bonchev–Trinajstić information content (AvgIpc) is 3.27. The second-order valence-electron chi connectivity index (χ2n) is 13.7. The molecule has 3 aromatic rings. The first kappa shape index (κ1) is 32.7. The Morgan fingerprint density at radius 2 is 1.84 bits per heavy atom. The van der Waals surface area contributed by atoms with Gasteiger partial charge in [0.15, 0.2) is 11.6 Å². The van der Waals surface area contributed by atoms with Gasteiger partial charge in [-0.05, 0) is 98.4 Å². The number of carbonyl (C=O) groups excluding carboxylic acids is 1. The van der Waals surface area contributed by atoms with Crippen LogP contribution >= 0.6 is 11.6 Å². The van der Waals surface area contributed by atoms with Crippen molar-refractivity contribution in [1.29, 1.82) is 0 Å². The summed E-state index contributed by atoms with van der Waals surface area (Å²) in [6, 6.07) is 8.27. The molecule has 0 aliphatic carbocycles. The lowest BCUT2D eigenvalue weighted by atomic mass is 9.71. The molecular weight excluding hydrogens is 572 g/mol. The molecule has 7 nitrogen and oxygen atoms in total. The highest BCUT2D eigenvalue weighted by Crippen LogP contribution is 2.43. The summed E-state index contributed by atoms with van der Waals surface area (Å²) >= 11 is 6.08. The lowest BCUT2D eigenvalue weighted by Gasteiger charge is -2.46. The maximum absolute atomic E-state index is 15.9. The van der Waals surface area contributed by atoms with E-state index in [1.165, 1.54) is 6.07 Å². The summed E-state index contributed by atoms with van der Waals surface area (Å²) in [7, 11) is 0. The monoisotopic (exact) mass is 615 g/mol. The Kier molecular flexibility index (Phi) is 9.17. The third-order valence-electron chi connectivity index (χ3n) is 7.89. The molecule has 2 atom stereocenters. The van der Waals surface area contributed by atoms with E-state index in [1.54, 1.807) is 18.2 Å². The van der Waals surface area contributed by atoms with Gasteiger partial charge in [-0.15, -0.1) is 0 Å². The van der Waals surface area contributed by atoms with E-state index < -0.39 is 28.6 Å². The van der Waals surface area contributed by atoms with Gasteiger partial charge in [-0.1, -0.05) is 24.6 Å². The molecule has 3 heterocycles. The van der Waals surface area contributed by atoms with Crippen molar-refractivity contribution in [2.24, 2.45) is 5.41 Å². The summed E-state index contributed by atoms with van der Waals surface area (Å²) in [4.78, 5) is 20.5. The van der Waals surface area contributed by atoms with Gasteiger partial charge >= 0.3 is 5.97 Å². The van der Waals surface area contributed by atoms with Crippen LogP contribution in [-0.4, -0.2) is 38.9 Å². The Morgan fingerprint density at radius 3 is 2.42 bits per heavy atom. The standard InChI is InChI=1S/C33H44ClF2N5O2/c1-10-22-17-26(38-27-16-20(2)41(39-27)31(4,5)6)37-24(28(22)35)19-33(30(42)43-32(7,8)9)14-15-40(21(3)18-33)25-13-11-12-23(34)29(25)36/h11-13,16-17,21H,10,14-15,18-19H2,1-9H3,(H,37,38,39)/t21-,33?/m1/s1. The first-order valence-electron chi connectivity index (χ1n) is 14.9. The second-order valence-corrected chi connectivity index (χ2v) is 14.1. The predicted octanol–water partition coefficient (Wildman–Crippen LogP) is 8.14. The summed E-state index contributed by atoms with van der Waals surface area (Å²) in [5.74, 6) is -0.271. The summed E-state index contributed by atoms with van der Waals surface area (Å²) in [5.41, 5.74) is 0.0244. The highest BCUT2D eigenvalue weighted by atomic mass is 35.5. The number of aryl methyl sites for hydroxylation is 2. The van der Waals surface area contributed by atoms with Crippen molar-refractivity contribution in [3.8, 4) is 0 Å². The number of hydrogen-bond acceptors (Lipinski definition) is 6. The Balaban J connectivity index is 1.71. The van der Waals surface area contributed by atoms with Crippen LogP contribution in [0, 0.1) is 24.0 Å². The molecule has 1 unspecified atom stereocenters. The van der Waals surface area contributed by atoms with Gasteiger partial charge in [0.25, 0.3) is 0 Å². The third-order valence-corrected chi connectivity index (χ3v) is 8.18. The highest BCUT2D eigenvalue weighted by molar-refractivity contribution is 6.31. The molecule has 1 aliphatic rings. The fourth-order valence-corrected chi connectivity index (χ4v) is 6.12. The number of ether oxygens (including phenoxy) is 1. The number of benzene rings is 1. The van der Waals surface area contributed by atoms with Crippen LogP contribution in [0.3, 0.4) is 0 Å². The number of anilines is 3. The Morgan fingerprint density at radius 1 is 1.14 bits per heavy atom. The number of aromatic nitrogens is 3. The zero-order chi connectivity index (χ0) is 31.9. The van der Waals surface area contributed by atoms with E-state index in [2.05, 4.69) is 31.1 Å². The van der Waals surface area contributed by atoms with Crippen molar-refractivity contribution in [3.63, 3.8) is 0 Å². The summed E-state index contributed by atoms with van der Waals surface area (Å²) < 4.78 is 38.8. The van der Waals surface area contributed by atoms with E-state index in [0.717, 1.165) is 5.69 Å². The van der Waals surface area contributed by atoms with E-state index in [-0.39, 0.29) is 28.7 Å². The number of carbonyl (C=O) groups is 1. The van der Waals surface area contributed by atoms with E-state index in [4.69, 9.17) is 21.4 Å². The lowest BCUT2D eigenvalue weighted by Crippen LogP contribution is -2.52. The van der Waals surface area contributed by atoms with Crippen molar-refractivity contribution < 1.29 is 18.3 Å². The molecule has 0 radical (unpaired) electrons. The molecule has 1 N–H and O–H groups in total. The van der Waals surface area contributed by atoms with Gasteiger partial charge in [0, 0.05) is 30.8 Å². The number of esters is 1. The van der Waals surface area contributed by atoms with E-state index in [9.17, 15) is 9.18 Å². The second kappa shape index (κ2) is 12.1. The van der Waals surface area contributed by atoms with E-state index >= 15 is 4.39 Å². The normalized spacial score (nSPS) is 19.4. The molecule has 1 fully saturated rings. The lowest BCUT2D eigenvalue weighted by molar-refractivity contribution is -0.169. The van der Waals surface area contributed by atoms with Crippen LogP contribution in [0.5, 0.6) is 0 Å². The van der Waals surface area contributed by atoms with Gasteiger partial charge in [0.05, 0.1) is 27.4 Å². The Labute approximate surface area is 259 Å². The SMILES string of the molecule is CCc1cc(Nc2cc(C)n(C(C)(C)C)n2)nc(CC2(C(=O)OC(C)(C)C)CCN(c3cccc(Cl)c3F)[C@H](C)C2)c1F. The third kappa shape index (κ3) is 7.14. The molecule has 1 aliphatic heterocycles. The van der Waals surface area contributed by atoms with Crippen molar-refractivity contribution in [1.82, 2.24) is 14.8 Å². The molecule has 1 saturated heterocycles. The van der Waals surface area contributed by atoms with Crippen LogP contribution < -0.4 is 10.2 Å². The molecule has 10 heteroatoms. The predicted molar refractivity (Wildman–Crippen MR) is 168 cm³/mol. The summed E-state index contributed by atoms with van der Waals surface area (Å²) in [6.45, 7) is 17.8. The minimum atomic E-state index is -1.07. The van der Waals surface area contributed by atoms with Gasteiger partial charge in [-0.3, -0.25) is 9.48 Å². The van der Waals surface area contributed by atoms with Crippen LogP contribution in [0.1, 0.15) is 85.2 Å². The quantitative estimate of drug-likeness (QED) is 0.271. The fraction of sp³-hybridized carbons (Fsp3) is 0.545. The van der Waals surface area contributed by atoms with Crippen molar-refractivity contribution in [2.45, 2.75) is 105 Å². The van der Waals surface area contributed by atoms with E-state index in [1.807, 2.05) is 57.2 Å². The molecule has 0 bridgehead atoms. The zero-order valence-corrected chi connectivity index (χ0v) is 27.5. The molecule has 2 aromatic heterocycles. The number of piperidine rings is 1. The number of hydrogen-bond donors (Lipinski definition) is 1. The first-order valence-corrected chi connectivity index (χ1v) is 15.3. The number of nitrogens with one attached hydrogen (secondary N) is 1. The van der Waals surface area contributed by atoms with Gasteiger partial charge in [0.1, 0.15) is 17.2 Å². The van der Waals surface area contributed by atoms with E-state index in [0.29, 0.717) is 48.7 Å². The highest BCUT2D eigenvalue weighted by Gasteiger charge is 2.48. The number of rotatable bonds is 7. The molecule has 43 heavy (non-hydrogen) atoms. The Bertz CT molecular complexity index is 1490. The van der Waals surface area contributed by atoms with Crippen molar-refractivity contribution >= 4 is 34.9 Å². The smallest absolute Gasteiger partial charge is 0.313 e. The van der Waals surface area contributed by atoms with Crippen LogP contribution in [0.4, 0.5) is 26.1 Å². The largest absolute Gasteiger partial charge is 0.460 e. The van der Waals surface area contributed by atoms with Crippen molar-refractivity contribution in [2.75, 3.05) is 16.8 Å². The molecule has 0 amide bonds. The minimum Gasteiger partial charge on any atom is -0.460 e. The van der Waals surface area contributed by atoms with Gasteiger partial charge in [0.2, 0.25) is 0 Å². The van der Waals surface area contributed by atoms with Gasteiger partial charge < -0.3 is 15.0 Å². The maximum Gasteiger partial charge on any atom is 0.313 e. The van der Waals surface area contributed by atoms with Gasteiger partial charge in [-0.2, -0.15) is 5.10 Å². The van der Waals surface area contributed by atoms with Crippen LogP contribution in [-0.2, 0) is 27.9 Å². The molecule has 1 aromatic carbocycles. The number of halogens is 3. The molecule has 234 valence electrons. The first-order chi connectivity index (χ1) is 19.9. The number of nitrogens with zero attached hydrogens (tertiary/aromatic N) is 4. The average molecular weight is 616 g/mol. The van der Waals surface area contributed by atoms with Crippen LogP contribution in [0.25, 0.3) is 0 Å². The van der Waals surface area contributed by atoms with Crippen molar-refractivity contribution in [3.05, 3.63) is 63.9 Å². The number of pyridine rings is 1. The zero-order valence-electron chi connectivity index (χ0n) is 26.7. The summed E-state index contributed by atoms with van der Waals surface area (Å²) in [6.07, 6.45) is 1.14. The molecular formula is C33H44ClF2N5O2. The maximum atomic E-state index is 15.9. The van der Waals surface area contributed by atoms with Crippen LogP contribution in [0.15, 0.2) is 30.3 Å². The summed E-state index contributed by atoms with van der Waals surface area (Å²) in [5, 5.41) is 7.99. The fourth-order valence-electron chi connectivity index (χ4n) is 5.95. The minimum absolute atomic E-state index is 0.0406. The van der Waals surface area contributed by atoms with Gasteiger partial charge in [-0.25, -0.2) is 13.8 Å². The molecule has 0 saturated carbocycles. The molecule has 0 spiro atoms. The van der Waals surface area contributed by atoms with Crippen LogP contribution in [0.2, 0.25) is 5.02 Å². The Hall–Kier alpha value is -3.20.